The van der Waals surface area contributed by atoms with Crippen molar-refractivity contribution in [2.24, 2.45) is 0 Å². The molecule has 0 amide bonds. The molecule has 2 heteroatoms. The summed E-state index contributed by atoms with van der Waals surface area (Å²) in [5.41, 5.74) is 0. The topological polar surface area (TPSA) is 0 Å². The monoisotopic (exact) mass is 104 g/mol. The molecular formula is C5H6F2. The van der Waals surface area contributed by atoms with Gasteiger partial charge in [-0.05, 0) is 13.0 Å². The van der Waals surface area contributed by atoms with E-state index in [1.54, 1.807) is 0 Å². The van der Waals surface area contributed by atoms with E-state index in [0.717, 1.165) is 6.08 Å². The Bertz CT molecular complexity index is 103. The van der Waals surface area contributed by atoms with E-state index in [-0.39, 0.29) is 0 Å². The highest BCUT2D eigenvalue weighted by molar-refractivity contribution is 5.12. The van der Waals surface area contributed by atoms with Gasteiger partial charge >= 0.3 is 0 Å². The molecule has 0 spiro atoms. The minimum absolute atomic E-state index is 0.889. The Kier molecular flexibility index (Phi) is 2.27. The lowest BCUT2D eigenvalue weighted by atomic mass is 10.5. The first-order valence-electron chi connectivity index (χ1n) is 1.85. The maximum atomic E-state index is 11.6. The fourth-order valence-electron chi connectivity index (χ4n) is 0.157. The van der Waals surface area contributed by atoms with Gasteiger partial charge in [0.15, 0.2) is 11.7 Å². The van der Waals surface area contributed by atoms with Gasteiger partial charge in [-0.25, -0.2) is 8.78 Å². The van der Waals surface area contributed by atoms with Crippen LogP contribution in [-0.4, -0.2) is 0 Å². The third kappa shape index (κ3) is 2.09. The second-order valence-electron chi connectivity index (χ2n) is 1.04. The second kappa shape index (κ2) is 2.50. The normalized spacial score (nSPS) is 11.6. The molecule has 0 bridgehead atoms. The highest BCUT2D eigenvalue weighted by Gasteiger charge is 1.92. The van der Waals surface area contributed by atoms with E-state index >= 15 is 0 Å². The van der Waals surface area contributed by atoms with Crippen LogP contribution in [0.25, 0.3) is 0 Å². The molecule has 0 aromatic rings. The Hall–Kier alpha value is -0.660. The van der Waals surface area contributed by atoms with Crippen LogP contribution >= 0.6 is 0 Å². The van der Waals surface area contributed by atoms with Crippen molar-refractivity contribution >= 4 is 0 Å². The zero-order chi connectivity index (χ0) is 5.86. The van der Waals surface area contributed by atoms with Crippen LogP contribution in [0.1, 0.15) is 6.92 Å². The minimum Gasteiger partial charge on any atom is -0.204 e. The Balaban J connectivity index is 3.82. The van der Waals surface area contributed by atoms with Crippen molar-refractivity contribution in [2.75, 3.05) is 0 Å². The van der Waals surface area contributed by atoms with Crippen molar-refractivity contribution in [1.29, 1.82) is 0 Å². The first kappa shape index (κ1) is 6.34. The zero-order valence-corrected chi connectivity index (χ0v) is 4.04. The molecule has 0 aromatic carbocycles. The molecule has 0 fully saturated rings. The Morgan fingerprint density at radius 1 is 1.57 bits per heavy atom. The maximum absolute atomic E-state index is 11.6. The van der Waals surface area contributed by atoms with Gasteiger partial charge in [0.05, 0.1) is 0 Å². The summed E-state index contributed by atoms with van der Waals surface area (Å²) < 4.78 is 23.1. The molecule has 0 aliphatic carbocycles. The summed E-state index contributed by atoms with van der Waals surface area (Å²) in [6, 6.07) is 0. The van der Waals surface area contributed by atoms with Gasteiger partial charge in [0.2, 0.25) is 0 Å². The lowest BCUT2D eigenvalue weighted by molar-refractivity contribution is 0.547. The molecule has 40 valence electrons. The molecule has 7 heavy (non-hydrogen) atoms. The van der Waals surface area contributed by atoms with Crippen LogP contribution in [-0.2, 0) is 0 Å². The Morgan fingerprint density at radius 3 is 2.00 bits per heavy atom. The molecule has 0 unspecified atom stereocenters. The van der Waals surface area contributed by atoms with Crippen molar-refractivity contribution < 1.29 is 8.78 Å². The van der Waals surface area contributed by atoms with Crippen molar-refractivity contribution in [3.63, 3.8) is 0 Å². The van der Waals surface area contributed by atoms with Gasteiger partial charge in [0, 0.05) is 0 Å². The van der Waals surface area contributed by atoms with Gasteiger partial charge in [-0.15, -0.1) is 0 Å². The fourth-order valence-corrected chi connectivity index (χ4v) is 0.157. The average molecular weight is 104 g/mol. The predicted octanol–water partition coefficient (Wildman–Crippen LogP) is 2.34. The standard InChI is InChI=1S/C5H6F2/c1-3-5(7)4(2)6/h3H,2H2,1H3/b5-3+. The number of halogens is 2. The van der Waals surface area contributed by atoms with Crippen LogP contribution in [0.2, 0.25) is 0 Å². The van der Waals surface area contributed by atoms with Crippen molar-refractivity contribution in [1.82, 2.24) is 0 Å². The number of hydrogen-bond acceptors (Lipinski definition) is 0. The SMILES string of the molecule is C=C(F)/C(F)=C\C. The third-order valence-corrected chi connectivity index (χ3v) is 0.513. The van der Waals surface area contributed by atoms with Crippen LogP contribution in [0.3, 0.4) is 0 Å². The van der Waals surface area contributed by atoms with E-state index in [1.807, 2.05) is 0 Å². The molecule has 0 aromatic heterocycles. The van der Waals surface area contributed by atoms with Gasteiger partial charge in [0.1, 0.15) is 0 Å². The Morgan fingerprint density at radius 2 is 2.00 bits per heavy atom. The number of rotatable bonds is 1. The molecule has 0 aliphatic heterocycles. The summed E-state index contributed by atoms with van der Waals surface area (Å²) in [6.45, 7) is 4.12. The number of hydrogen-bond donors (Lipinski definition) is 0. The van der Waals surface area contributed by atoms with Gasteiger partial charge in [-0.1, -0.05) is 6.58 Å². The summed E-state index contributed by atoms with van der Waals surface area (Å²) in [6.07, 6.45) is 1.02. The van der Waals surface area contributed by atoms with Crippen molar-refractivity contribution in [3.8, 4) is 0 Å². The largest absolute Gasteiger partial charge is 0.204 e. The highest BCUT2D eigenvalue weighted by atomic mass is 19.2. The quantitative estimate of drug-likeness (QED) is 0.448. The van der Waals surface area contributed by atoms with E-state index in [9.17, 15) is 8.78 Å². The molecular weight excluding hydrogens is 98.1 g/mol. The first-order valence-corrected chi connectivity index (χ1v) is 1.85. The van der Waals surface area contributed by atoms with Gasteiger partial charge in [-0.2, -0.15) is 0 Å². The van der Waals surface area contributed by atoms with Crippen LogP contribution < -0.4 is 0 Å². The van der Waals surface area contributed by atoms with Gasteiger partial charge in [0.25, 0.3) is 0 Å². The van der Waals surface area contributed by atoms with Crippen LogP contribution in [0.4, 0.5) is 8.78 Å². The van der Waals surface area contributed by atoms with E-state index in [2.05, 4.69) is 6.58 Å². The molecule has 0 saturated carbocycles. The average Bonchev–Trinajstić information content (AvgIpc) is 1.65. The molecule has 0 aliphatic rings. The minimum atomic E-state index is -1.01. The second-order valence-corrected chi connectivity index (χ2v) is 1.04. The molecule has 0 N–H and O–H groups in total. The van der Waals surface area contributed by atoms with Crippen molar-refractivity contribution in [2.45, 2.75) is 6.92 Å². The smallest absolute Gasteiger partial charge is 0.153 e. The summed E-state index contributed by atoms with van der Waals surface area (Å²) in [5, 5.41) is 0. The van der Waals surface area contributed by atoms with Crippen LogP contribution in [0.15, 0.2) is 24.3 Å². The molecule has 0 nitrogen and oxygen atoms in total. The lowest BCUT2D eigenvalue weighted by Gasteiger charge is -1.82. The molecule has 0 heterocycles. The fraction of sp³-hybridized carbons (Fsp3) is 0.200. The predicted molar refractivity (Wildman–Crippen MR) is 25.1 cm³/mol. The molecule has 0 atom stereocenters. The van der Waals surface area contributed by atoms with Crippen LogP contribution in [0.5, 0.6) is 0 Å². The maximum Gasteiger partial charge on any atom is 0.153 e. The summed E-state index contributed by atoms with van der Waals surface area (Å²) in [5.74, 6) is -1.90. The van der Waals surface area contributed by atoms with Gasteiger partial charge < -0.3 is 0 Å². The highest BCUT2D eigenvalue weighted by Crippen LogP contribution is 2.07. The van der Waals surface area contributed by atoms with E-state index in [1.165, 1.54) is 6.92 Å². The number of allylic oxidation sites excluding steroid dienone is 3. The molecule has 0 rings (SSSR count). The van der Waals surface area contributed by atoms with E-state index < -0.39 is 11.7 Å². The summed E-state index contributed by atoms with van der Waals surface area (Å²) >= 11 is 0. The lowest BCUT2D eigenvalue weighted by Crippen LogP contribution is -1.66. The first-order chi connectivity index (χ1) is 3.18. The molecule has 0 saturated heterocycles. The van der Waals surface area contributed by atoms with E-state index in [4.69, 9.17) is 0 Å². The molecule has 0 radical (unpaired) electrons. The summed E-state index contributed by atoms with van der Waals surface area (Å²) in [4.78, 5) is 0. The third-order valence-electron chi connectivity index (χ3n) is 0.513. The van der Waals surface area contributed by atoms with E-state index in [0.29, 0.717) is 0 Å². The van der Waals surface area contributed by atoms with Crippen LogP contribution in [0, 0.1) is 0 Å². The van der Waals surface area contributed by atoms with Gasteiger partial charge in [-0.3, -0.25) is 0 Å². The summed E-state index contributed by atoms with van der Waals surface area (Å²) in [7, 11) is 0. The zero-order valence-electron chi connectivity index (χ0n) is 4.04. The Labute approximate surface area is 41.2 Å². The van der Waals surface area contributed by atoms with Crippen molar-refractivity contribution in [3.05, 3.63) is 24.3 Å².